The van der Waals surface area contributed by atoms with Crippen LogP contribution in [0.15, 0.2) is 24.3 Å². The van der Waals surface area contributed by atoms with Crippen molar-refractivity contribution < 1.29 is 23.5 Å². The second kappa shape index (κ2) is 7.26. The minimum Gasteiger partial charge on any atom is -0.451 e. The second-order valence-corrected chi connectivity index (χ2v) is 5.71. The molecule has 22 heavy (non-hydrogen) atoms. The number of thioether (sulfide) groups is 1. The van der Waals surface area contributed by atoms with Gasteiger partial charge in [-0.3, -0.25) is 14.4 Å². The Hall–Kier alpha value is -2.09. The van der Waals surface area contributed by atoms with Crippen molar-refractivity contribution in [2.75, 3.05) is 24.2 Å². The largest absolute Gasteiger partial charge is 0.451 e. The number of benzene rings is 1. The summed E-state index contributed by atoms with van der Waals surface area (Å²) in [6, 6.07) is 5.23. The van der Waals surface area contributed by atoms with E-state index in [4.69, 9.17) is 4.74 Å². The van der Waals surface area contributed by atoms with Crippen molar-refractivity contribution >= 4 is 34.6 Å². The van der Waals surface area contributed by atoms with Crippen LogP contribution in [-0.4, -0.2) is 47.0 Å². The Morgan fingerprint density at radius 2 is 2.09 bits per heavy atom. The van der Waals surface area contributed by atoms with Crippen molar-refractivity contribution in [2.24, 2.45) is 0 Å². The van der Waals surface area contributed by atoms with Gasteiger partial charge in [0.1, 0.15) is 12.4 Å². The predicted octanol–water partition coefficient (Wildman–Crippen LogP) is 1.86. The first kappa shape index (κ1) is 16.3. The highest BCUT2D eigenvalue weighted by Crippen LogP contribution is 2.17. The molecule has 8 heteroatoms. The third kappa shape index (κ3) is 4.45. The Morgan fingerprint density at radius 1 is 1.41 bits per heavy atom. The number of hydrogen-bond acceptors (Lipinski definition) is 5. The molecular formula is C14H15FN2O4S. The van der Waals surface area contributed by atoms with E-state index in [1.54, 1.807) is 0 Å². The van der Waals surface area contributed by atoms with Crippen LogP contribution < -0.4 is 5.32 Å². The fourth-order valence-electron chi connectivity index (χ4n) is 1.79. The van der Waals surface area contributed by atoms with Crippen molar-refractivity contribution in [1.82, 2.24) is 4.90 Å². The van der Waals surface area contributed by atoms with Gasteiger partial charge in [-0.1, -0.05) is 11.8 Å². The van der Waals surface area contributed by atoms with Crippen molar-refractivity contribution in [3.8, 4) is 0 Å². The van der Waals surface area contributed by atoms with Gasteiger partial charge in [0, 0.05) is 18.0 Å². The number of anilines is 1. The highest BCUT2D eigenvalue weighted by atomic mass is 32.2. The van der Waals surface area contributed by atoms with Gasteiger partial charge in [-0.05, 0) is 31.2 Å². The van der Waals surface area contributed by atoms with Gasteiger partial charge >= 0.3 is 5.97 Å². The zero-order valence-corrected chi connectivity index (χ0v) is 12.7. The topological polar surface area (TPSA) is 75.7 Å². The lowest BCUT2D eigenvalue weighted by Crippen LogP contribution is -2.36. The van der Waals surface area contributed by atoms with E-state index in [-0.39, 0.29) is 11.8 Å². The van der Waals surface area contributed by atoms with Gasteiger partial charge < -0.3 is 15.0 Å². The predicted molar refractivity (Wildman–Crippen MR) is 80.0 cm³/mol. The Bertz CT molecular complexity index is 579. The molecule has 1 heterocycles. The molecule has 1 aliphatic rings. The Morgan fingerprint density at radius 3 is 2.68 bits per heavy atom. The van der Waals surface area contributed by atoms with Gasteiger partial charge in [0.15, 0.2) is 6.10 Å². The average molecular weight is 326 g/mol. The number of rotatable bonds is 5. The molecule has 2 rings (SSSR count). The molecule has 1 saturated heterocycles. The second-order valence-electron chi connectivity index (χ2n) is 4.66. The SMILES string of the molecule is C[C@@H](OC(=O)CN1CCSC1=O)C(=O)Nc1ccc(F)cc1. The maximum atomic E-state index is 12.8. The molecule has 2 amide bonds. The first-order valence-corrected chi connectivity index (χ1v) is 7.62. The molecule has 1 N–H and O–H groups in total. The van der Waals surface area contributed by atoms with Crippen molar-refractivity contribution in [1.29, 1.82) is 0 Å². The first-order valence-electron chi connectivity index (χ1n) is 6.63. The number of nitrogens with zero attached hydrogens (tertiary/aromatic N) is 1. The van der Waals surface area contributed by atoms with Crippen LogP contribution >= 0.6 is 11.8 Å². The van der Waals surface area contributed by atoms with Crippen LogP contribution in [0.2, 0.25) is 0 Å². The quantitative estimate of drug-likeness (QED) is 0.836. The standard InChI is InChI=1S/C14H15FN2O4S/c1-9(13(19)16-11-4-2-10(15)3-5-11)21-12(18)8-17-6-7-22-14(17)20/h2-5,9H,6-8H2,1H3,(H,16,19)/t9-/m1/s1. The molecule has 0 aromatic heterocycles. The third-order valence-corrected chi connectivity index (χ3v) is 3.85. The molecule has 1 aliphatic heterocycles. The Balaban J connectivity index is 1.81. The molecule has 0 bridgehead atoms. The highest BCUT2D eigenvalue weighted by molar-refractivity contribution is 8.13. The summed E-state index contributed by atoms with van der Waals surface area (Å²) in [5, 5.41) is 2.34. The molecule has 0 radical (unpaired) electrons. The molecule has 118 valence electrons. The number of hydrogen-bond donors (Lipinski definition) is 1. The number of esters is 1. The summed E-state index contributed by atoms with van der Waals surface area (Å²) in [5.74, 6) is -0.933. The number of amides is 2. The summed E-state index contributed by atoms with van der Waals surface area (Å²) >= 11 is 1.14. The average Bonchev–Trinajstić information content (AvgIpc) is 2.86. The molecule has 1 atom stereocenters. The zero-order valence-electron chi connectivity index (χ0n) is 11.9. The first-order chi connectivity index (χ1) is 10.5. The van der Waals surface area contributed by atoms with E-state index in [2.05, 4.69) is 5.32 Å². The lowest BCUT2D eigenvalue weighted by molar-refractivity contribution is -0.153. The van der Waals surface area contributed by atoms with Gasteiger partial charge in [-0.15, -0.1) is 0 Å². The molecular weight excluding hydrogens is 311 g/mol. The molecule has 1 fully saturated rings. The van der Waals surface area contributed by atoms with Gasteiger partial charge in [-0.25, -0.2) is 4.39 Å². The number of halogens is 1. The normalized spacial score (nSPS) is 15.5. The maximum Gasteiger partial charge on any atom is 0.326 e. The maximum absolute atomic E-state index is 12.8. The summed E-state index contributed by atoms with van der Waals surface area (Å²) < 4.78 is 17.8. The lowest BCUT2D eigenvalue weighted by atomic mass is 10.3. The van der Waals surface area contributed by atoms with Gasteiger partial charge in [0.2, 0.25) is 0 Å². The van der Waals surface area contributed by atoms with Crippen molar-refractivity contribution in [2.45, 2.75) is 13.0 Å². The minimum absolute atomic E-state index is 0.166. The van der Waals surface area contributed by atoms with Gasteiger partial charge in [-0.2, -0.15) is 0 Å². The van der Waals surface area contributed by atoms with Crippen LogP contribution in [0.25, 0.3) is 0 Å². The molecule has 0 aliphatic carbocycles. The molecule has 0 saturated carbocycles. The number of carbonyl (C=O) groups excluding carboxylic acids is 3. The summed E-state index contributed by atoms with van der Waals surface area (Å²) in [7, 11) is 0. The fourth-order valence-corrected chi connectivity index (χ4v) is 2.61. The monoisotopic (exact) mass is 326 g/mol. The Kier molecular flexibility index (Phi) is 5.37. The van der Waals surface area contributed by atoms with Crippen LogP contribution in [0.1, 0.15) is 6.92 Å². The van der Waals surface area contributed by atoms with E-state index in [9.17, 15) is 18.8 Å². The molecule has 1 aromatic carbocycles. The van der Waals surface area contributed by atoms with Gasteiger partial charge in [0.25, 0.3) is 11.1 Å². The summed E-state index contributed by atoms with van der Waals surface area (Å²) in [4.78, 5) is 36.3. The molecule has 0 unspecified atom stereocenters. The van der Waals surface area contributed by atoms with E-state index in [0.29, 0.717) is 18.0 Å². The zero-order chi connectivity index (χ0) is 16.1. The third-order valence-electron chi connectivity index (χ3n) is 2.95. The van der Waals surface area contributed by atoms with Crippen molar-refractivity contribution in [3.63, 3.8) is 0 Å². The molecule has 1 aromatic rings. The number of carbonyl (C=O) groups is 3. The van der Waals surface area contributed by atoms with E-state index < -0.39 is 23.8 Å². The van der Waals surface area contributed by atoms with Crippen LogP contribution in [0.4, 0.5) is 14.9 Å². The fraction of sp³-hybridized carbons (Fsp3) is 0.357. The van der Waals surface area contributed by atoms with E-state index in [1.807, 2.05) is 0 Å². The van der Waals surface area contributed by atoms with Crippen molar-refractivity contribution in [3.05, 3.63) is 30.1 Å². The minimum atomic E-state index is -1.01. The van der Waals surface area contributed by atoms with E-state index in [0.717, 1.165) is 11.8 Å². The van der Waals surface area contributed by atoms with Gasteiger partial charge in [0.05, 0.1) is 0 Å². The van der Waals surface area contributed by atoms with Crippen LogP contribution in [0.3, 0.4) is 0 Å². The van der Waals surface area contributed by atoms with Crippen LogP contribution in [0, 0.1) is 5.82 Å². The number of nitrogens with one attached hydrogen (secondary N) is 1. The van der Waals surface area contributed by atoms with E-state index in [1.165, 1.54) is 36.1 Å². The Labute approximate surface area is 131 Å². The smallest absolute Gasteiger partial charge is 0.326 e. The van der Waals surface area contributed by atoms with E-state index >= 15 is 0 Å². The van der Waals surface area contributed by atoms with Crippen LogP contribution in [-0.2, 0) is 14.3 Å². The summed E-state index contributed by atoms with van der Waals surface area (Å²) in [5.41, 5.74) is 0.403. The highest BCUT2D eigenvalue weighted by Gasteiger charge is 2.26. The van der Waals surface area contributed by atoms with Crippen LogP contribution in [0.5, 0.6) is 0 Å². The summed E-state index contributed by atoms with van der Waals surface area (Å²) in [6.45, 7) is 1.76. The number of ether oxygens (including phenoxy) is 1. The molecule has 0 spiro atoms. The molecule has 6 nitrogen and oxygen atoms in total. The lowest BCUT2D eigenvalue weighted by Gasteiger charge is -2.17. The summed E-state index contributed by atoms with van der Waals surface area (Å²) in [6.07, 6.45) is -1.01.